The lowest BCUT2D eigenvalue weighted by Gasteiger charge is -2.38. The van der Waals surface area contributed by atoms with Crippen LogP contribution in [0.5, 0.6) is 0 Å². The van der Waals surface area contributed by atoms with Crippen LogP contribution in [0.1, 0.15) is 24.0 Å². The van der Waals surface area contributed by atoms with E-state index >= 15 is 0 Å². The fourth-order valence-corrected chi connectivity index (χ4v) is 4.03. The predicted octanol–water partition coefficient (Wildman–Crippen LogP) is 2.89. The molecule has 2 aromatic carbocycles. The van der Waals surface area contributed by atoms with Crippen molar-refractivity contribution in [1.29, 1.82) is 0 Å². The number of hydrogen-bond acceptors (Lipinski definition) is 5. The summed E-state index contributed by atoms with van der Waals surface area (Å²) >= 11 is 0. The summed E-state index contributed by atoms with van der Waals surface area (Å²) in [6, 6.07) is 18.4. The first-order chi connectivity index (χ1) is 15.1. The number of benzene rings is 2. The van der Waals surface area contributed by atoms with Crippen LogP contribution in [0.2, 0.25) is 0 Å². The molecular formula is C24H28N2O5. The molecule has 1 spiro atoms. The summed E-state index contributed by atoms with van der Waals surface area (Å²) in [4.78, 5) is 27.5. The molecule has 0 aliphatic carbocycles. The van der Waals surface area contributed by atoms with Crippen LogP contribution in [0.4, 0.5) is 4.79 Å². The van der Waals surface area contributed by atoms with Gasteiger partial charge in [0.1, 0.15) is 12.6 Å². The zero-order valence-corrected chi connectivity index (χ0v) is 17.5. The van der Waals surface area contributed by atoms with Crippen molar-refractivity contribution in [2.45, 2.75) is 37.7 Å². The van der Waals surface area contributed by atoms with Gasteiger partial charge in [-0.1, -0.05) is 60.7 Å². The monoisotopic (exact) mass is 424 g/mol. The van der Waals surface area contributed by atoms with Gasteiger partial charge in [-0.15, -0.1) is 0 Å². The van der Waals surface area contributed by atoms with E-state index in [2.05, 4.69) is 5.32 Å². The molecule has 2 aliphatic rings. The van der Waals surface area contributed by atoms with Gasteiger partial charge in [-0.3, -0.25) is 4.79 Å². The molecule has 0 aromatic heterocycles. The molecule has 2 aliphatic heterocycles. The molecule has 4 rings (SSSR count). The van der Waals surface area contributed by atoms with Crippen molar-refractivity contribution in [2.75, 3.05) is 26.3 Å². The fourth-order valence-electron chi connectivity index (χ4n) is 4.03. The summed E-state index contributed by atoms with van der Waals surface area (Å²) in [5.74, 6) is -0.665. The van der Waals surface area contributed by atoms with E-state index in [0.717, 1.165) is 11.1 Å². The minimum Gasteiger partial charge on any atom is -0.445 e. The fraction of sp³-hybridized carbons (Fsp3) is 0.417. The second-order valence-corrected chi connectivity index (χ2v) is 7.88. The Morgan fingerprint density at radius 2 is 1.52 bits per heavy atom. The SMILES string of the molecule is O=C(N[C@@H](Cc1ccccc1)C(=O)N1CCC2(CC1)OCCO2)OCc1ccccc1. The lowest BCUT2D eigenvalue weighted by molar-refractivity contribution is -0.187. The van der Waals surface area contributed by atoms with Crippen molar-refractivity contribution in [3.8, 4) is 0 Å². The Bertz CT molecular complexity index is 858. The van der Waals surface area contributed by atoms with Gasteiger partial charge in [0, 0.05) is 32.4 Å². The van der Waals surface area contributed by atoms with E-state index < -0.39 is 17.9 Å². The molecule has 2 fully saturated rings. The molecule has 2 heterocycles. The number of amides is 2. The topological polar surface area (TPSA) is 77.1 Å². The number of hydrogen-bond donors (Lipinski definition) is 1. The third-order valence-electron chi connectivity index (χ3n) is 5.74. The molecule has 164 valence electrons. The highest BCUT2D eigenvalue weighted by Crippen LogP contribution is 2.31. The Kier molecular flexibility index (Phi) is 6.84. The number of carbonyl (C=O) groups is 2. The van der Waals surface area contributed by atoms with Gasteiger partial charge in [-0.25, -0.2) is 4.79 Å². The first-order valence-electron chi connectivity index (χ1n) is 10.7. The molecule has 0 unspecified atom stereocenters. The number of nitrogens with zero attached hydrogens (tertiary/aromatic N) is 1. The van der Waals surface area contributed by atoms with Crippen LogP contribution in [0.15, 0.2) is 60.7 Å². The summed E-state index contributed by atoms with van der Waals surface area (Å²) in [6.07, 6.45) is 1.06. The van der Waals surface area contributed by atoms with E-state index in [1.54, 1.807) is 4.90 Å². The first-order valence-corrected chi connectivity index (χ1v) is 10.7. The maximum atomic E-state index is 13.3. The molecular weight excluding hydrogens is 396 g/mol. The molecule has 0 radical (unpaired) electrons. The Morgan fingerprint density at radius 3 is 2.13 bits per heavy atom. The number of alkyl carbamates (subject to hydrolysis) is 1. The summed E-state index contributed by atoms with van der Waals surface area (Å²) in [5.41, 5.74) is 1.86. The van der Waals surface area contributed by atoms with Crippen molar-refractivity contribution in [1.82, 2.24) is 10.2 Å². The van der Waals surface area contributed by atoms with E-state index in [0.29, 0.717) is 45.6 Å². The third kappa shape index (κ3) is 5.62. The van der Waals surface area contributed by atoms with Crippen molar-refractivity contribution in [3.05, 3.63) is 71.8 Å². The summed E-state index contributed by atoms with van der Waals surface area (Å²) < 4.78 is 16.9. The van der Waals surface area contributed by atoms with Crippen LogP contribution in [0, 0.1) is 0 Å². The molecule has 7 heteroatoms. The average molecular weight is 424 g/mol. The van der Waals surface area contributed by atoms with Crippen molar-refractivity contribution < 1.29 is 23.8 Å². The number of carbonyl (C=O) groups excluding carboxylic acids is 2. The van der Waals surface area contributed by atoms with Gasteiger partial charge in [-0.2, -0.15) is 0 Å². The highest BCUT2D eigenvalue weighted by Gasteiger charge is 2.41. The quantitative estimate of drug-likeness (QED) is 0.772. The second kappa shape index (κ2) is 9.94. The molecule has 1 N–H and O–H groups in total. The second-order valence-electron chi connectivity index (χ2n) is 7.88. The molecule has 0 saturated carbocycles. The Balaban J connectivity index is 1.38. The number of piperidine rings is 1. The van der Waals surface area contributed by atoms with Crippen LogP contribution in [-0.2, 0) is 32.0 Å². The largest absolute Gasteiger partial charge is 0.445 e. The predicted molar refractivity (Wildman–Crippen MR) is 114 cm³/mol. The Labute approximate surface area is 182 Å². The first kappa shape index (κ1) is 21.3. The van der Waals surface area contributed by atoms with Gasteiger partial charge in [0.15, 0.2) is 5.79 Å². The van der Waals surface area contributed by atoms with Crippen molar-refractivity contribution >= 4 is 12.0 Å². The van der Waals surface area contributed by atoms with Crippen molar-refractivity contribution in [2.24, 2.45) is 0 Å². The van der Waals surface area contributed by atoms with Gasteiger partial charge in [0.2, 0.25) is 5.91 Å². The minimum atomic E-state index is -0.704. The van der Waals surface area contributed by atoms with Crippen LogP contribution in [-0.4, -0.2) is 55.0 Å². The van der Waals surface area contributed by atoms with E-state index in [1.165, 1.54) is 0 Å². The number of likely N-dealkylation sites (tertiary alicyclic amines) is 1. The summed E-state index contributed by atoms with van der Waals surface area (Å²) in [5, 5.41) is 2.78. The van der Waals surface area contributed by atoms with Gasteiger partial charge >= 0.3 is 6.09 Å². The molecule has 2 amide bonds. The normalized spacial score (nSPS) is 18.5. The molecule has 1 atom stereocenters. The van der Waals surface area contributed by atoms with Crippen LogP contribution in [0.3, 0.4) is 0 Å². The van der Waals surface area contributed by atoms with Crippen LogP contribution in [0.25, 0.3) is 0 Å². The standard InChI is InChI=1S/C24H28N2O5/c27-22(26-13-11-24(12-14-26)30-15-16-31-24)21(17-19-7-3-1-4-8-19)25-23(28)29-18-20-9-5-2-6-10-20/h1-10,21H,11-18H2,(H,25,28)/t21-/m0/s1. The van der Waals surface area contributed by atoms with Crippen LogP contribution < -0.4 is 5.32 Å². The zero-order valence-electron chi connectivity index (χ0n) is 17.5. The number of rotatable bonds is 6. The van der Waals surface area contributed by atoms with E-state index in [4.69, 9.17) is 14.2 Å². The Morgan fingerprint density at radius 1 is 0.935 bits per heavy atom. The van der Waals surface area contributed by atoms with E-state index in [-0.39, 0.29) is 12.5 Å². The highest BCUT2D eigenvalue weighted by atomic mass is 16.7. The average Bonchev–Trinajstić information content (AvgIpc) is 3.26. The molecule has 0 bridgehead atoms. The van der Waals surface area contributed by atoms with Gasteiger partial charge in [0.25, 0.3) is 0 Å². The maximum absolute atomic E-state index is 13.3. The highest BCUT2D eigenvalue weighted by molar-refractivity contribution is 5.86. The summed E-state index contributed by atoms with van der Waals surface area (Å²) in [7, 11) is 0. The zero-order chi connectivity index (χ0) is 21.5. The molecule has 2 aromatic rings. The van der Waals surface area contributed by atoms with E-state index in [9.17, 15) is 9.59 Å². The molecule has 7 nitrogen and oxygen atoms in total. The van der Waals surface area contributed by atoms with Gasteiger partial charge < -0.3 is 24.4 Å². The van der Waals surface area contributed by atoms with Gasteiger partial charge in [0.05, 0.1) is 13.2 Å². The lowest BCUT2D eigenvalue weighted by atomic mass is 10.0. The van der Waals surface area contributed by atoms with Crippen molar-refractivity contribution in [3.63, 3.8) is 0 Å². The van der Waals surface area contributed by atoms with Gasteiger partial charge in [-0.05, 0) is 11.1 Å². The minimum absolute atomic E-state index is 0.117. The Hall–Kier alpha value is -2.90. The molecule has 31 heavy (non-hydrogen) atoms. The maximum Gasteiger partial charge on any atom is 0.408 e. The third-order valence-corrected chi connectivity index (χ3v) is 5.74. The number of nitrogens with one attached hydrogen (secondary N) is 1. The smallest absolute Gasteiger partial charge is 0.408 e. The number of ether oxygens (including phenoxy) is 3. The summed E-state index contributed by atoms with van der Waals surface area (Å²) in [6.45, 7) is 2.41. The molecule has 2 saturated heterocycles. The lowest BCUT2D eigenvalue weighted by Crippen LogP contribution is -2.54. The van der Waals surface area contributed by atoms with E-state index in [1.807, 2.05) is 60.7 Å². The van der Waals surface area contributed by atoms with Crippen LogP contribution >= 0.6 is 0 Å².